The number of rotatable bonds is 6. The van der Waals surface area contributed by atoms with E-state index in [1.54, 1.807) is 0 Å². The van der Waals surface area contributed by atoms with Crippen LogP contribution in [-0.2, 0) is 0 Å². The summed E-state index contributed by atoms with van der Waals surface area (Å²) in [6.07, 6.45) is 5.00. The van der Waals surface area contributed by atoms with E-state index in [1.165, 1.54) is 36.6 Å². The summed E-state index contributed by atoms with van der Waals surface area (Å²) in [6.45, 7) is 4.53. The van der Waals surface area contributed by atoms with Gasteiger partial charge in [-0.25, -0.2) is 0 Å². The van der Waals surface area contributed by atoms with Crippen LogP contribution < -0.4 is 0 Å². The van der Waals surface area contributed by atoms with Crippen LogP contribution in [0.5, 0.6) is 0 Å². The summed E-state index contributed by atoms with van der Waals surface area (Å²) in [6, 6.07) is 12.6. The number of alkyl halides is 1. The Morgan fingerprint density at radius 1 is 0.950 bits per heavy atom. The molecule has 1 unspecified atom stereocenters. The van der Waals surface area contributed by atoms with Gasteiger partial charge in [-0.1, -0.05) is 84.6 Å². The summed E-state index contributed by atoms with van der Waals surface area (Å²) in [5.41, 5.74) is 1.37. The van der Waals surface area contributed by atoms with Crippen LogP contribution in [0.3, 0.4) is 0 Å². The Bertz CT molecular complexity index is 558. The van der Waals surface area contributed by atoms with E-state index in [0.29, 0.717) is 10.7 Å². The van der Waals surface area contributed by atoms with Gasteiger partial charge in [0.1, 0.15) is 0 Å². The summed E-state index contributed by atoms with van der Waals surface area (Å²) in [5.74, 6) is 0.689. The molecule has 0 aliphatic rings. The number of fused-ring (bicyclic) bond motifs is 1. The summed E-state index contributed by atoms with van der Waals surface area (Å²) < 4.78 is 0. The molecular weight excluding hydrogens is 332 g/mol. The molecule has 0 aliphatic carbocycles. The highest BCUT2D eigenvalue weighted by atomic mass is 79.9. The second-order valence-electron chi connectivity index (χ2n) is 5.42. The second-order valence-corrected chi connectivity index (χ2v) is 6.82. The average Bonchev–Trinajstić information content (AvgIpc) is 2.47. The highest BCUT2D eigenvalue weighted by Crippen LogP contribution is 2.41. The first-order chi connectivity index (χ1) is 9.69. The lowest BCUT2D eigenvalue weighted by Crippen LogP contribution is -2.08. The molecule has 0 amide bonds. The molecule has 0 aliphatic heterocycles. The van der Waals surface area contributed by atoms with Crippen LogP contribution in [0.1, 0.15) is 49.9 Å². The van der Waals surface area contributed by atoms with Crippen LogP contribution in [0.2, 0.25) is 5.02 Å². The smallest absolute Gasteiger partial charge is 0.0484 e. The third-order valence-corrected chi connectivity index (χ3v) is 5.50. The zero-order valence-electron chi connectivity index (χ0n) is 12.2. The molecule has 2 rings (SSSR count). The fourth-order valence-corrected chi connectivity index (χ4v) is 4.11. The molecule has 0 aromatic heterocycles. The highest BCUT2D eigenvalue weighted by Gasteiger charge is 2.21. The van der Waals surface area contributed by atoms with Gasteiger partial charge in [0.05, 0.1) is 0 Å². The van der Waals surface area contributed by atoms with Crippen molar-refractivity contribution in [2.75, 3.05) is 0 Å². The minimum absolute atomic E-state index is 0.407. The molecule has 0 N–H and O–H groups in total. The number of hydrogen-bond acceptors (Lipinski definition) is 0. The predicted molar refractivity (Wildman–Crippen MR) is 93.9 cm³/mol. The molecule has 0 nitrogen and oxygen atoms in total. The lowest BCUT2D eigenvalue weighted by molar-refractivity contribution is 0.436. The minimum atomic E-state index is 0.407. The van der Waals surface area contributed by atoms with Crippen molar-refractivity contribution >= 4 is 38.3 Å². The first kappa shape index (κ1) is 15.9. The van der Waals surface area contributed by atoms with E-state index in [1.807, 2.05) is 6.07 Å². The van der Waals surface area contributed by atoms with Gasteiger partial charge in [0.15, 0.2) is 0 Å². The summed E-state index contributed by atoms with van der Waals surface area (Å²) in [7, 11) is 0. The van der Waals surface area contributed by atoms with Gasteiger partial charge in [-0.3, -0.25) is 0 Å². The summed E-state index contributed by atoms with van der Waals surface area (Å²) in [4.78, 5) is 0.407. The molecule has 1 atom stereocenters. The van der Waals surface area contributed by atoms with Gasteiger partial charge in [0, 0.05) is 15.2 Å². The van der Waals surface area contributed by atoms with Crippen LogP contribution >= 0.6 is 27.5 Å². The number of benzene rings is 2. The van der Waals surface area contributed by atoms with E-state index in [-0.39, 0.29) is 0 Å². The first-order valence-electron chi connectivity index (χ1n) is 7.50. The molecule has 0 bridgehead atoms. The van der Waals surface area contributed by atoms with Gasteiger partial charge in [0.2, 0.25) is 0 Å². The van der Waals surface area contributed by atoms with Crippen LogP contribution in [-0.4, -0.2) is 0 Å². The number of halogens is 2. The maximum absolute atomic E-state index is 6.32. The maximum atomic E-state index is 6.32. The standard InChI is InChI=1S/C18H22BrCl/c1-3-7-13(8-4-2)18(19)16-11-12-17(20)15-10-6-5-9-14(15)16/h5-6,9-13,18H,3-4,7-8H2,1-2H3. The van der Waals surface area contributed by atoms with Crippen molar-refractivity contribution < 1.29 is 0 Å². The molecule has 0 saturated carbocycles. The van der Waals surface area contributed by atoms with E-state index in [4.69, 9.17) is 11.6 Å². The SMILES string of the molecule is CCCC(CCC)C(Br)c1ccc(Cl)c2ccccc12. The second kappa shape index (κ2) is 7.47. The Balaban J connectivity index is 2.43. The van der Waals surface area contributed by atoms with Crippen molar-refractivity contribution in [3.05, 3.63) is 47.0 Å². The Morgan fingerprint density at radius 3 is 2.15 bits per heavy atom. The zero-order chi connectivity index (χ0) is 14.5. The van der Waals surface area contributed by atoms with Crippen LogP contribution in [0, 0.1) is 5.92 Å². The monoisotopic (exact) mass is 352 g/mol. The van der Waals surface area contributed by atoms with Crippen molar-refractivity contribution in [1.29, 1.82) is 0 Å². The third-order valence-electron chi connectivity index (χ3n) is 3.93. The molecule has 0 saturated heterocycles. The Labute approximate surface area is 135 Å². The quantitative estimate of drug-likeness (QED) is 0.484. The Kier molecular flexibility index (Phi) is 5.92. The van der Waals surface area contributed by atoms with Crippen molar-refractivity contribution in [3.8, 4) is 0 Å². The first-order valence-corrected chi connectivity index (χ1v) is 8.79. The van der Waals surface area contributed by atoms with E-state index >= 15 is 0 Å². The van der Waals surface area contributed by atoms with Crippen molar-refractivity contribution in [1.82, 2.24) is 0 Å². The fourth-order valence-electron chi connectivity index (χ4n) is 2.96. The fraction of sp³-hybridized carbons (Fsp3) is 0.444. The van der Waals surface area contributed by atoms with E-state index in [0.717, 1.165) is 10.4 Å². The molecule has 0 heterocycles. The molecule has 2 aromatic carbocycles. The molecular formula is C18H22BrCl. The van der Waals surface area contributed by atoms with Gasteiger partial charge in [0.25, 0.3) is 0 Å². The summed E-state index contributed by atoms with van der Waals surface area (Å²) >= 11 is 10.3. The lowest BCUT2D eigenvalue weighted by Gasteiger charge is -2.23. The minimum Gasteiger partial charge on any atom is -0.0837 e. The zero-order valence-corrected chi connectivity index (χ0v) is 14.5. The molecule has 2 heteroatoms. The molecule has 0 spiro atoms. The molecule has 20 heavy (non-hydrogen) atoms. The van der Waals surface area contributed by atoms with Crippen molar-refractivity contribution in [3.63, 3.8) is 0 Å². The predicted octanol–water partition coefficient (Wildman–Crippen LogP) is 7.15. The topological polar surface area (TPSA) is 0 Å². The van der Waals surface area contributed by atoms with Crippen LogP contribution in [0.15, 0.2) is 36.4 Å². The Morgan fingerprint density at radius 2 is 1.55 bits per heavy atom. The van der Waals surface area contributed by atoms with Crippen molar-refractivity contribution in [2.24, 2.45) is 5.92 Å². The Hall–Kier alpha value is -0.530. The van der Waals surface area contributed by atoms with Gasteiger partial charge >= 0.3 is 0 Å². The van der Waals surface area contributed by atoms with Gasteiger partial charge in [-0.2, -0.15) is 0 Å². The van der Waals surface area contributed by atoms with Gasteiger partial charge in [-0.05, 0) is 35.8 Å². The van der Waals surface area contributed by atoms with E-state index in [9.17, 15) is 0 Å². The van der Waals surface area contributed by atoms with E-state index in [2.05, 4.69) is 60.1 Å². The maximum Gasteiger partial charge on any atom is 0.0484 e. The number of hydrogen-bond donors (Lipinski definition) is 0. The average molecular weight is 354 g/mol. The van der Waals surface area contributed by atoms with Crippen LogP contribution in [0.4, 0.5) is 0 Å². The van der Waals surface area contributed by atoms with Crippen LogP contribution in [0.25, 0.3) is 10.8 Å². The molecule has 108 valence electrons. The van der Waals surface area contributed by atoms with E-state index < -0.39 is 0 Å². The highest BCUT2D eigenvalue weighted by molar-refractivity contribution is 9.09. The van der Waals surface area contributed by atoms with Gasteiger partial charge in [-0.15, -0.1) is 0 Å². The summed E-state index contributed by atoms with van der Waals surface area (Å²) in [5, 5.41) is 3.27. The largest absolute Gasteiger partial charge is 0.0837 e. The molecule has 0 radical (unpaired) electrons. The molecule has 2 aromatic rings. The third kappa shape index (κ3) is 3.38. The van der Waals surface area contributed by atoms with Crippen molar-refractivity contribution in [2.45, 2.75) is 44.4 Å². The lowest BCUT2D eigenvalue weighted by atomic mass is 9.89. The normalized spacial score (nSPS) is 13.1. The van der Waals surface area contributed by atoms with Gasteiger partial charge < -0.3 is 0 Å². The molecule has 0 fully saturated rings.